The Balaban J connectivity index is 4.84. The standard InChI is InChI=1S/C46H96P/c1-5-9-13-17-21-25-28-32-36-40-44-47(43-39-35-31-24-20-16-12-8-4,45-41-37-33-29-26-22-18-14-10-6-2)46-42-38-34-30-27-23-19-15-11-7-3/h5-46H2,1-4H3/q+1. The van der Waals surface area contributed by atoms with Gasteiger partial charge in [-0.25, -0.2) is 0 Å². The van der Waals surface area contributed by atoms with Crippen LogP contribution < -0.4 is 0 Å². The first kappa shape index (κ1) is 47.4. The molecule has 0 aliphatic heterocycles. The largest absolute Gasteiger partial charge is 0.0654 e. The molecule has 0 aliphatic rings. The van der Waals surface area contributed by atoms with E-state index in [1.54, 1.807) is 50.3 Å². The first-order chi connectivity index (χ1) is 23.2. The zero-order chi connectivity index (χ0) is 34.2. The van der Waals surface area contributed by atoms with E-state index < -0.39 is 7.26 Å². The molecule has 47 heavy (non-hydrogen) atoms. The van der Waals surface area contributed by atoms with Gasteiger partial charge < -0.3 is 0 Å². The minimum Gasteiger partial charge on any atom is -0.0654 e. The highest BCUT2D eigenvalue weighted by molar-refractivity contribution is 7.75. The Morgan fingerprint density at radius 1 is 0.170 bits per heavy atom. The van der Waals surface area contributed by atoms with Crippen molar-refractivity contribution in [3.63, 3.8) is 0 Å². The van der Waals surface area contributed by atoms with Crippen molar-refractivity contribution in [1.82, 2.24) is 0 Å². The Morgan fingerprint density at radius 2 is 0.298 bits per heavy atom. The van der Waals surface area contributed by atoms with Gasteiger partial charge in [0.2, 0.25) is 0 Å². The van der Waals surface area contributed by atoms with Crippen molar-refractivity contribution >= 4 is 7.26 Å². The molecule has 0 bridgehead atoms. The summed E-state index contributed by atoms with van der Waals surface area (Å²) in [7, 11) is -0.784. The van der Waals surface area contributed by atoms with Gasteiger partial charge in [-0.2, -0.15) is 0 Å². The monoisotopic (exact) mass is 680 g/mol. The second-order valence-electron chi connectivity index (χ2n) is 16.3. The van der Waals surface area contributed by atoms with Crippen molar-refractivity contribution in [3.8, 4) is 0 Å². The van der Waals surface area contributed by atoms with Crippen molar-refractivity contribution in [3.05, 3.63) is 0 Å². The van der Waals surface area contributed by atoms with E-state index in [0.717, 1.165) is 0 Å². The third-order valence-corrected chi connectivity index (χ3v) is 16.5. The van der Waals surface area contributed by atoms with Gasteiger partial charge in [0.25, 0.3) is 0 Å². The first-order valence-corrected chi connectivity index (χ1v) is 25.6. The molecular formula is C46H96P+. The summed E-state index contributed by atoms with van der Waals surface area (Å²) in [6, 6.07) is 0. The number of hydrogen-bond donors (Lipinski definition) is 0. The van der Waals surface area contributed by atoms with E-state index in [4.69, 9.17) is 0 Å². The maximum Gasteiger partial charge on any atom is 0.0594 e. The summed E-state index contributed by atoms with van der Waals surface area (Å²) in [5.41, 5.74) is 0. The predicted molar refractivity (Wildman–Crippen MR) is 225 cm³/mol. The van der Waals surface area contributed by atoms with E-state index >= 15 is 0 Å². The molecule has 0 saturated carbocycles. The Bertz CT molecular complexity index is 481. The molecule has 0 unspecified atom stereocenters. The SMILES string of the molecule is CCCCCCCCCCCC[P+](CCCCCCCCCC)(CCCCCCCCCCCC)CCCCCCCCCCCC. The predicted octanol–water partition coefficient (Wildman–Crippen LogP) is 17.9. The molecule has 0 nitrogen and oxygen atoms in total. The molecule has 0 atom stereocenters. The van der Waals surface area contributed by atoms with E-state index in [-0.39, 0.29) is 0 Å². The third kappa shape index (κ3) is 36.0. The van der Waals surface area contributed by atoms with Crippen LogP contribution in [0.25, 0.3) is 0 Å². The van der Waals surface area contributed by atoms with Gasteiger partial charge in [0.1, 0.15) is 0 Å². The summed E-state index contributed by atoms with van der Waals surface area (Å²) in [5, 5.41) is 0. The zero-order valence-corrected chi connectivity index (χ0v) is 35.0. The minimum atomic E-state index is -0.784. The molecular weight excluding hydrogens is 583 g/mol. The summed E-state index contributed by atoms with van der Waals surface area (Å²) in [4.78, 5) is 0. The third-order valence-electron chi connectivity index (χ3n) is 11.4. The zero-order valence-electron chi connectivity index (χ0n) is 34.1. The molecule has 0 rings (SSSR count). The Hall–Kier alpha value is 0.430. The number of hydrogen-bond acceptors (Lipinski definition) is 0. The van der Waals surface area contributed by atoms with Crippen molar-refractivity contribution in [2.75, 3.05) is 24.6 Å². The van der Waals surface area contributed by atoms with Crippen LogP contribution in [0.5, 0.6) is 0 Å². The lowest BCUT2D eigenvalue weighted by Crippen LogP contribution is -2.13. The van der Waals surface area contributed by atoms with Gasteiger partial charge in [-0.1, -0.05) is 220 Å². The highest BCUT2D eigenvalue weighted by Gasteiger charge is 2.35. The van der Waals surface area contributed by atoms with Crippen molar-refractivity contribution in [1.29, 1.82) is 0 Å². The maximum atomic E-state index is 2.35. The smallest absolute Gasteiger partial charge is 0.0594 e. The summed E-state index contributed by atoms with van der Waals surface area (Å²) < 4.78 is 0. The molecule has 0 amide bonds. The molecule has 0 fully saturated rings. The fourth-order valence-corrected chi connectivity index (χ4v) is 13.0. The van der Waals surface area contributed by atoms with Crippen LogP contribution in [0.2, 0.25) is 0 Å². The van der Waals surface area contributed by atoms with Crippen molar-refractivity contribution in [2.24, 2.45) is 0 Å². The highest BCUT2D eigenvalue weighted by Crippen LogP contribution is 2.61. The van der Waals surface area contributed by atoms with Gasteiger partial charge in [-0.05, 0) is 51.4 Å². The van der Waals surface area contributed by atoms with Gasteiger partial charge in [0.05, 0.1) is 24.6 Å². The fourth-order valence-electron chi connectivity index (χ4n) is 8.06. The van der Waals surface area contributed by atoms with Gasteiger partial charge in [-0.15, -0.1) is 0 Å². The van der Waals surface area contributed by atoms with Crippen LogP contribution in [0.4, 0.5) is 0 Å². The molecule has 0 radical (unpaired) electrons. The second-order valence-corrected chi connectivity index (χ2v) is 20.7. The summed E-state index contributed by atoms with van der Waals surface area (Å²) >= 11 is 0. The maximum absolute atomic E-state index is 2.35. The van der Waals surface area contributed by atoms with Crippen LogP contribution in [0.3, 0.4) is 0 Å². The van der Waals surface area contributed by atoms with Crippen LogP contribution in [0.1, 0.15) is 272 Å². The molecule has 0 heterocycles. The molecule has 1 heteroatoms. The average molecular weight is 680 g/mol. The fraction of sp³-hybridized carbons (Fsp3) is 1.00. The van der Waals surface area contributed by atoms with Crippen LogP contribution >= 0.6 is 7.26 Å². The second kappa shape index (κ2) is 40.9. The quantitative estimate of drug-likeness (QED) is 0.0445. The van der Waals surface area contributed by atoms with Crippen molar-refractivity contribution in [2.45, 2.75) is 272 Å². The summed E-state index contributed by atoms with van der Waals surface area (Å²) in [6.45, 7) is 9.36. The molecule has 284 valence electrons. The van der Waals surface area contributed by atoms with Gasteiger partial charge in [0, 0.05) is 7.26 Å². The molecule has 0 aromatic carbocycles. The molecule has 0 saturated heterocycles. The van der Waals surface area contributed by atoms with E-state index in [1.807, 2.05) is 0 Å². The van der Waals surface area contributed by atoms with Gasteiger partial charge in [-0.3, -0.25) is 0 Å². The van der Waals surface area contributed by atoms with Crippen LogP contribution in [0, 0.1) is 0 Å². The summed E-state index contributed by atoms with van der Waals surface area (Å²) in [6.07, 6.45) is 63.2. The molecule has 0 aliphatic carbocycles. The molecule has 0 aromatic rings. The molecule has 0 aromatic heterocycles. The highest BCUT2D eigenvalue weighted by atomic mass is 31.2. The van der Waals surface area contributed by atoms with Crippen LogP contribution in [-0.2, 0) is 0 Å². The molecule has 0 spiro atoms. The normalized spacial score (nSPS) is 12.0. The lowest BCUT2D eigenvalue weighted by molar-refractivity contribution is 0.558. The Morgan fingerprint density at radius 3 is 0.447 bits per heavy atom. The van der Waals surface area contributed by atoms with E-state index in [2.05, 4.69) is 27.7 Å². The lowest BCUT2D eigenvalue weighted by atomic mass is 10.1. The van der Waals surface area contributed by atoms with Gasteiger partial charge >= 0.3 is 0 Å². The summed E-state index contributed by atoms with van der Waals surface area (Å²) in [5.74, 6) is 0. The van der Waals surface area contributed by atoms with Crippen LogP contribution in [-0.4, -0.2) is 24.6 Å². The van der Waals surface area contributed by atoms with E-state index in [9.17, 15) is 0 Å². The van der Waals surface area contributed by atoms with Crippen LogP contribution in [0.15, 0.2) is 0 Å². The Labute approximate surface area is 302 Å². The Kier molecular flexibility index (Phi) is 41.2. The lowest BCUT2D eigenvalue weighted by Gasteiger charge is -2.28. The first-order valence-electron chi connectivity index (χ1n) is 23.1. The topological polar surface area (TPSA) is 0 Å². The molecule has 0 N–H and O–H groups in total. The van der Waals surface area contributed by atoms with E-state index in [0.29, 0.717) is 0 Å². The van der Waals surface area contributed by atoms with E-state index in [1.165, 1.54) is 218 Å². The average Bonchev–Trinajstić information content (AvgIpc) is 3.08. The van der Waals surface area contributed by atoms with Gasteiger partial charge in [0.15, 0.2) is 0 Å². The number of rotatable bonds is 42. The van der Waals surface area contributed by atoms with Crippen molar-refractivity contribution < 1.29 is 0 Å². The number of unbranched alkanes of at least 4 members (excludes halogenated alkanes) is 34. The minimum absolute atomic E-state index is 0.784.